The molecule has 0 radical (unpaired) electrons. The van der Waals surface area contributed by atoms with Crippen molar-refractivity contribution in [1.82, 2.24) is 15.1 Å². The largest absolute Gasteiger partial charge is 0.476 e. The van der Waals surface area contributed by atoms with Crippen molar-refractivity contribution in [2.24, 2.45) is 0 Å². The highest BCUT2D eigenvalue weighted by atomic mass is 16.5. The number of nitrogens with zero attached hydrogens (tertiary/aromatic N) is 3. The number of hydrogen-bond donors (Lipinski definition) is 0. The summed E-state index contributed by atoms with van der Waals surface area (Å²) in [6.45, 7) is 2.24. The first-order valence-electron chi connectivity index (χ1n) is 8.76. The molecule has 0 bridgehead atoms. The van der Waals surface area contributed by atoms with Crippen LogP contribution in [0.3, 0.4) is 0 Å². The molecule has 1 aromatic heterocycles. The van der Waals surface area contributed by atoms with E-state index >= 15 is 0 Å². The Morgan fingerprint density at radius 1 is 1.04 bits per heavy atom. The minimum absolute atomic E-state index is 0.0644. The van der Waals surface area contributed by atoms with E-state index in [1.165, 1.54) is 6.39 Å². The molecule has 27 heavy (non-hydrogen) atoms. The molecule has 0 unspecified atom stereocenters. The summed E-state index contributed by atoms with van der Waals surface area (Å²) in [6, 6.07) is 16.7. The molecule has 7 heteroatoms. The molecule has 1 aliphatic rings. The maximum absolute atomic E-state index is 13.1. The molecule has 0 aliphatic carbocycles. The summed E-state index contributed by atoms with van der Waals surface area (Å²) >= 11 is 0. The SMILES string of the molecule is O=C([C@H](Oc1ccc(-c2nnco2)cc1)c1ccccc1)N1CCOCC1. The predicted octanol–water partition coefficient (Wildman–Crippen LogP) is 2.72. The van der Waals surface area contributed by atoms with Crippen molar-refractivity contribution >= 4 is 5.91 Å². The van der Waals surface area contributed by atoms with E-state index in [-0.39, 0.29) is 5.91 Å². The Hall–Kier alpha value is -3.19. The topological polar surface area (TPSA) is 77.7 Å². The zero-order chi connectivity index (χ0) is 18.5. The van der Waals surface area contributed by atoms with E-state index in [0.717, 1.165) is 11.1 Å². The smallest absolute Gasteiger partial charge is 0.268 e. The van der Waals surface area contributed by atoms with Crippen LogP contribution in [0.15, 0.2) is 65.4 Å². The summed E-state index contributed by atoms with van der Waals surface area (Å²) in [5.74, 6) is 0.963. The highest BCUT2D eigenvalue weighted by Gasteiger charge is 2.29. The lowest BCUT2D eigenvalue weighted by atomic mass is 10.1. The molecule has 1 saturated heterocycles. The second kappa shape index (κ2) is 8.01. The molecule has 2 aromatic carbocycles. The van der Waals surface area contributed by atoms with Crippen molar-refractivity contribution in [2.45, 2.75) is 6.10 Å². The summed E-state index contributed by atoms with van der Waals surface area (Å²) in [6.07, 6.45) is 0.574. The number of ether oxygens (including phenoxy) is 2. The molecule has 1 aliphatic heterocycles. The lowest BCUT2D eigenvalue weighted by Gasteiger charge is -2.30. The van der Waals surface area contributed by atoms with E-state index < -0.39 is 6.10 Å². The Morgan fingerprint density at radius 3 is 2.44 bits per heavy atom. The molecule has 0 spiro atoms. The standard InChI is InChI=1S/C20H19N3O4/c24-20(23-10-12-25-13-11-23)18(15-4-2-1-3-5-15)27-17-8-6-16(7-9-17)19-22-21-14-26-19/h1-9,14,18H,10-13H2/t18-/m1/s1. The third-order valence-corrected chi connectivity index (χ3v) is 4.36. The van der Waals surface area contributed by atoms with E-state index in [2.05, 4.69) is 10.2 Å². The molecule has 7 nitrogen and oxygen atoms in total. The number of aromatic nitrogens is 2. The van der Waals surface area contributed by atoms with Gasteiger partial charge in [-0.1, -0.05) is 30.3 Å². The first-order valence-corrected chi connectivity index (χ1v) is 8.76. The van der Waals surface area contributed by atoms with Gasteiger partial charge in [0.1, 0.15) is 5.75 Å². The molecule has 1 atom stereocenters. The van der Waals surface area contributed by atoms with Crippen LogP contribution in [0.25, 0.3) is 11.5 Å². The van der Waals surface area contributed by atoms with Crippen molar-refractivity contribution in [1.29, 1.82) is 0 Å². The highest BCUT2D eigenvalue weighted by molar-refractivity contribution is 5.82. The van der Waals surface area contributed by atoms with Gasteiger partial charge in [-0.25, -0.2) is 0 Å². The van der Waals surface area contributed by atoms with Crippen molar-refractivity contribution < 1.29 is 18.7 Å². The monoisotopic (exact) mass is 365 g/mol. The Morgan fingerprint density at radius 2 is 1.78 bits per heavy atom. The second-order valence-corrected chi connectivity index (χ2v) is 6.11. The van der Waals surface area contributed by atoms with Crippen LogP contribution in [-0.4, -0.2) is 47.3 Å². The predicted molar refractivity (Wildman–Crippen MR) is 96.9 cm³/mol. The molecular weight excluding hydrogens is 346 g/mol. The normalized spacial score (nSPS) is 15.3. The fraction of sp³-hybridized carbons (Fsp3) is 0.250. The van der Waals surface area contributed by atoms with Gasteiger partial charge in [0, 0.05) is 24.2 Å². The van der Waals surface area contributed by atoms with Gasteiger partial charge >= 0.3 is 0 Å². The quantitative estimate of drug-likeness (QED) is 0.692. The summed E-state index contributed by atoms with van der Waals surface area (Å²) < 4.78 is 16.6. The average molecular weight is 365 g/mol. The number of benzene rings is 2. The maximum atomic E-state index is 13.1. The van der Waals surface area contributed by atoms with Gasteiger partial charge < -0.3 is 18.8 Å². The first-order chi connectivity index (χ1) is 13.3. The van der Waals surface area contributed by atoms with Crippen LogP contribution in [0.4, 0.5) is 0 Å². The molecule has 0 saturated carbocycles. The fourth-order valence-corrected chi connectivity index (χ4v) is 2.95. The van der Waals surface area contributed by atoms with Crippen LogP contribution in [0, 0.1) is 0 Å². The molecule has 3 aromatic rings. The molecule has 1 amide bonds. The van der Waals surface area contributed by atoms with Crippen LogP contribution in [0.5, 0.6) is 5.75 Å². The third-order valence-electron chi connectivity index (χ3n) is 4.36. The molecule has 1 fully saturated rings. The molecule has 2 heterocycles. The van der Waals surface area contributed by atoms with Crippen LogP contribution in [0.2, 0.25) is 0 Å². The van der Waals surface area contributed by atoms with E-state index in [0.29, 0.717) is 37.9 Å². The lowest BCUT2D eigenvalue weighted by molar-refractivity contribution is -0.143. The summed E-state index contributed by atoms with van der Waals surface area (Å²) in [5, 5.41) is 7.56. The average Bonchev–Trinajstić information content (AvgIpc) is 3.28. The minimum atomic E-state index is -0.710. The second-order valence-electron chi connectivity index (χ2n) is 6.11. The number of carbonyl (C=O) groups is 1. The van der Waals surface area contributed by atoms with Crippen molar-refractivity contribution in [3.8, 4) is 17.2 Å². The molecule has 138 valence electrons. The Bertz CT molecular complexity index is 860. The van der Waals surface area contributed by atoms with Crippen molar-refractivity contribution in [2.75, 3.05) is 26.3 Å². The van der Waals surface area contributed by atoms with Crippen molar-refractivity contribution in [3.05, 3.63) is 66.6 Å². The summed E-state index contributed by atoms with van der Waals surface area (Å²) in [5.41, 5.74) is 1.60. The van der Waals surface area contributed by atoms with Gasteiger partial charge in [-0.05, 0) is 24.3 Å². The fourth-order valence-electron chi connectivity index (χ4n) is 2.95. The molecule has 0 N–H and O–H groups in total. The number of carbonyl (C=O) groups excluding carboxylic acids is 1. The van der Waals surface area contributed by atoms with Gasteiger partial charge in [-0.2, -0.15) is 0 Å². The van der Waals surface area contributed by atoms with Crippen LogP contribution >= 0.6 is 0 Å². The van der Waals surface area contributed by atoms with Gasteiger partial charge in [-0.3, -0.25) is 4.79 Å². The van der Waals surface area contributed by atoms with E-state index in [4.69, 9.17) is 13.9 Å². The Balaban J connectivity index is 1.56. The maximum Gasteiger partial charge on any atom is 0.268 e. The number of rotatable bonds is 5. The number of hydrogen-bond acceptors (Lipinski definition) is 6. The van der Waals surface area contributed by atoms with Gasteiger partial charge in [0.25, 0.3) is 5.91 Å². The Kier molecular flexibility index (Phi) is 5.11. The van der Waals surface area contributed by atoms with Crippen LogP contribution in [0.1, 0.15) is 11.7 Å². The van der Waals surface area contributed by atoms with Crippen LogP contribution < -0.4 is 4.74 Å². The molecule has 4 rings (SSSR count). The zero-order valence-corrected chi connectivity index (χ0v) is 14.7. The van der Waals surface area contributed by atoms with Crippen molar-refractivity contribution in [3.63, 3.8) is 0 Å². The highest BCUT2D eigenvalue weighted by Crippen LogP contribution is 2.26. The van der Waals surface area contributed by atoms with Gasteiger partial charge in [-0.15, -0.1) is 10.2 Å². The number of amides is 1. The molecular formula is C20H19N3O4. The van der Waals surface area contributed by atoms with E-state index in [1.54, 1.807) is 17.0 Å². The summed E-state index contributed by atoms with van der Waals surface area (Å²) in [4.78, 5) is 14.9. The first kappa shape index (κ1) is 17.2. The Labute approximate surface area is 156 Å². The van der Waals surface area contributed by atoms with Gasteiger partial charge in [0.2, 0.25) is 18.4 Å². The summed E-state index contributed by atoms with van der Waals surface area (Å²) in [7, 11) is 0. The van der Waals surface area contributed by atoms with Gasteiger partial charge in [0.15, 0.2) is 0 Å². The minimum Gasteiger partial charge on any atom is -0.476 e. The van der Waals surface area contributed by atoms with Gasteiger partial charge in [0.05, 0.1) is 13.2 Å². The van der Waals surface area contributed by atoms with E-state index in [9.17, 15) is 4.79 Å². The van der Waals surface area contributed by atoms with Crippen LogP contribution in [-0.2, 0) is 9.53 Å². The van der Waals surface area contributed by atoms with E-state index in [1.807, 2.05) is 42.5 Å². The third kappa shape index (κ3) is 3.98. The lowest BCUT2D eigenvalue weighted by Crippen LogP contribution is -2.44. The zero-order valence-electron chi connectivity index (χ0n) is 14.7. The number of morpholine rings is 1.